The molecule has 0 aromatic carbocycles. The largest absolute Gasteiger partial charge is 0.465 e. The molecule has 0 fully saturated rings. The lowest BCUT2D eigenvalue weighted by atomic mass is 9.69. The maximum absolute atomic E-state index is 12.8. The van der Waals surface area contributed by atoms with Gasteiger partial charge in [0.25, 0.3) is 0 Å². The van der Waals surface area contributed by atoms with Gasteiger partial charge in [-0.2, -0.15) is 0 Å². The van der Waals surface area contributed by atoms with Crippen molar-refractivity contribution < 1.29 is 19.1 Å². The molecule has 0 saturated carbocycles. The molecule has 0 aliphatic heterocycles. The number of hydrogen-bond donors (Lipinski definition) is 0. The Balaban J connectivity index is 2.59. The second-order valence-electron chi connectivity index (χ2n) is 7.84. The van der Waals surface area contributed by atoms with Crippen LogP contribution in [-0.4, -0.2) is 33.2 Å². The van der Waals surface area contributed by atoms with Gasteiger partial charge in [-0.25, -0.2) is 0 Å². The number of ether oxygens (including phenoxy) is 2. The maximum atomic E-state index is 12.8. The quantitative estimate of drug-likeness (QED) is 0.415. The first-order valence-electron chi connectivity index (χ1n) is 9.13. The number of carbonyl (C=O) groups excluding carboxylic acids is 2. The van der Waals surface area contributed by atoms with E-state index in [0.29, 0.717) is 12.8 Å². The van der Waals surface area contributed by atoms with Crippen LogP contribution in [0.3, 0.4) is 0 Å². The van der Waals surface area contributed by atoms with Gasteiger partial charge in [0, 0.05) is 0 Å². The van der Waals surface area contributed by atoms with Crippen molar-refractivity contribution >= 4 is 20.0 Å². The molecule has 0 aromatic rings. The molecule has 0 radical (unpaired) electrons. The number of fused-ring (bicyclic) bond motifs is 1. The molecule has 0 bridgehead atoms. The van der Waals surface area contributed by atoms with E-state index >= 15 is 0 Å². The Bertz CT molecular complexity index is 631. The fraction of sp³-hybridized carbons (Fsp3) is 0.600. The van der Waals surface area contributed by atoms with Gasteiger partial charge in [-0.1, -0.05) is 43.1 Å². The highest BCUT2D eigenvalue weighted by atomic mass is 28.3. The zero-order chi connectivity index (χ0) is 18.8. The number of allylic oxidation sites excluding steroid dienone is 5. The highest BCUT2D eigenvalue weighted by molar-refractivity contribution is 6.84. The molecule has 138 valence electrons. The molecular weight excluding hydrogens is 332 g/mol. The fourth-order valence-electron chi connectivity index (χ4n) is 3.95. The molecule has 2 rings (SSSR count). The lowest BCUT2D eigenvalue weighted by molar-refractivity contribution is -0.172. The molecule has 0 atom stereocenters. The van der Waals surface area contributed by atoms with Gasteiger partial charge in [-0.3, -0.25) is 9.59 Å². The molecule has 0 aromatic heterocycles. The van der Waals surface area contributed by atoms with Crippen molar-refractivity contribution in [3.05, 3.63) is 34.6 Å². The molecule has 2 aliphatic rings. The van der Waals surface area contributed by atoms with Gasteiger partial charge in [0.2, 0.25) is 0 Å². The normalized spacial score (nSPS) is 19.9. The molecule has 4 nitrogen and oxygen atoms in total. The average Bonchev–Trinajstić information content (AvgIpc) is 2.53. The van der Waals surface area contributed by atoms with E-state index in [9.17, 15) is 9.59 Å². The third kappa shape index (κ3) is 3.66. The van der Waals surface area contributed by atoms with Crippen molar-refractivity contribution in [3.63, 3.8) is 0 Å². The maximum Gasteiger partial charge on any atom is 0.324 e. The Morgan fingerprint density at radius 2 is 1.68 bits per heavy atom. The highest BCUT2D eigenvalue weighted by Crippen LogP contribution is 2.48. The SMILES string of the molecule is C=C1CCC2=CCC(C(=O)OCC)(C(=O)OCC)CC2=C1[Si](C)(C)C. The Morgan fingerprint density at radius 1 is 1.12 bits per heavy atom. The monoisotopic (exact) mass is 362 g/mol. The summed E-state index contributed by atoms with van der Waals surface area (Å²) in [5.41, 5.74) is 2.32. The smallest absolute Gasteiger partial charge is 0.324 e. The van der Waals surface area contributed by atoms with Gasteiger partial charge in [0.15, 0.2) is 5.41 Å². The summed E-state index contributed by atoms with van der Waals surface area (Å²) in [5.74, 6) is -0.940. The van der Waals surface area contributed by atoms with Gasteiger partial charge in [-0.15, -0.1) is 0 Å². The first kappa shape index (κ1) is 19.7. The summed E-state index contributed by atoms with van der Waals surface area (Å²) in [7, 11) is -1.66. The van der Waals surface area contributed by atoms with Crippen molar-refractivity contribution in [2.24, 2.45) is 5.41 Å². The van der Waals surface area contributed by atoms with Crippen LogP contribution in [0.4, 0.5) is 0 Å². The summed E-state index contributed by atoms with van der Waals surface area (Å²) in [4.78, 5) is 25.5. The van der Waals surface area contributed by atoms with E-state index < -0.39 is 25.4 Å². The number of carbonyl (C=O) groups is 2. The predicted octanol–water partition coefficient (Wildman–Crippen LogP) is 4.34. The predicted molar refractivity (Wildman–Crippen MR) is 102 cm³/mol. The Morgan fingerprint density at radius 3 is 2.16 bits per heavy atom. The first-order valence-corrected chi connectivity index (χ1v) is 12.6. The summed E-state index contributed by atoms with van der Waals surface area (Å²) in [5, 5.41) is 1.31. The Hall–Kier alpha value is -1.62. The van der Waals surface area contributed by atoms with Crippen LogP contribution in [0.15, 0.2) is 34.6 Å². The minimum absolute atomic E-state index is 0.253. The van der Waals surface area contributed by atoms with Crippen molar-refractivity contribution in [1.82, 2.24) is 0 Å². The minimum atomic E-state index is -1.66. The van der Waals surface area contributed by atoms with E-state index in [0.717, 1.165) is 24.0 Å². The number of esters is 2. The second-order valence-corrected chi connectivity index (χ2v) is 12.8. The van der Waals surface area contributed by atoms with E-state index in [1.165, 1.54) is 10.8 Å². The summed E-state index contributed by atoms with van der Waals surface area (Å²) in [6, 6.07) is 0. The molecule has 25 heavy (non-hydrogen) atoms. The summed E-state index contributed by atoms with van der Waals surface area (Å²) in [6.07, 6.45) is 4.67. The van der Waals surface area contributed by atoms with Gasteiger partial charge in [0.05, 0.1) is 21.3 Å². The molecule has 5 heteroatoms. The van der Waals surface area contributed by atoms with Crippen molar-refractivity contribution in [1.29, 1.82) is 0 Å². The zero-order valence-electron chi connectivity index (χ0n) is 16.2. The standard InChI is InChI=1S/C20H30O4Si/c1-7-23-18(21)20(19(22)24-8-2)12-11-15-10-9-14(3)17(16(15)13-20)25(4,5)6/h11H,3,7-10,12-13H2,1-2,4-6H3. The molecular formula is C20H30O4Si. The van der Waals surface area contributed by atoms with E-state index in [4.69, 9.17) is 9.47 Å². The van der Waals surface area contributed by atoms with Crippen LogP contribution >= 0.6 is 0 Å². The molecule has 0 unspecified atom stereocenters. The van der Waals surface area contributed by atoms with Crippen LogP contribution in [0.1, 0.15) is 39.5 Å². The lowest BCUT2D eigenvalue weighted by Crippen LogP contribution is -2.45. The van der Waals surface area contributed by atoms with Crippen LogP contribution in [0.2, 0.25) is 19.6 Å². The Labute approximate surface area is 152 Å². The summed E-state index contributed by atoms with van der Waals surface area (Å²) < 4.78 is 10.6. The number of rotatable bonds is 5. The van der Waals surface area contributed by atoms with E-state index in [-0.39, 0.29) is 13.2 Å². The van der Waals surface area contributed by atoms with Crippen molar-refractivity contribution in [3.8, 4) is 0 Å². The van der Waals surface area contributed by atoms with Gasteiger partial charge in [0.1, 0.15) is 0 Å². The van der Waals surface area contributed by atoms with E-state index in [1.807, 2.05) is 0 Å². The zero-order valence-corrected chi connectivity index (χ0v) is 17.2. The minimum Gasteiger partial charge on any atom is -0.465 e. The van der Waals surface area contributed by atoms with Gasteiger partial charge < -0.3 is 9.47 Å². The van der Waals surface area contributed by atoms with Crippen LogP contribution < -0.4 is 0 Å². The topological polar surface area (TPSA) is 52.6 Å². The number of hydrogen-bond acceptors (Lipinski definition) is 4. The molecule has 0 amide bonds. The molecule has 0 N–H and O–H groups in total. The molecule has 0 heterocycles. The molecule has 0 spiro atoms. The lowest BCUT2D eigenvalue weighted by Gasteiger charge is -2.39. The summed E-state index contributed by atoms with van der Waals surface area (Å²) >= 11 is 0. The fourth-order valence-corrected chi connectivity index (χ4v) is 6.29. The van der Waals surface area contributed by atoms with Crippen LogP contribution in [0.5, 0.6) is 0 Å². The third-order valence-corrected chi connectivity index (χ3v) is 7.15. The van der Waals surface area contributed by atoms with Gasteiger partial charge >= 0.3 is 11.9 Å². The molecule has 2 aliphatic carbocycles. The van der Waals surface area contributed by atoms with E-state index in [2.05, 4.69) is 32.3 Å². The third-order valence-electron chi connectivity index (χ3n) is 5.00. The van der Waals surface area contributed by atoms with Gasteiger partial charge in [-0.05, 0) is 50.7 Å². The first-order chi connectivity index (χ1) is 11.7. The van der Waals surface area contributed by atoms with Crippen LogP contribution in [0.25, 0.3) is 0 Å². The van der Waals surface area contributed by atoms with Crippen LogP contribution in [-0.2, 0) is 19.1 Å². The Kier molecular flexibility index (Phi) is 5.77. The van der Waals surface area contributed by atoms with Crippen molar-refractivity contribution in [2.45, 2.75) is 59.2 Å². The van der Waals surface area contributed by atoms with Crippen molar-refractivity contribution in [2.75, 3.05) is 13.2 Å². The summed E-state index contributed by atoms with van der Waals surface area (Å²) in [6.45, 7) is 15.2. The highest BCUT2D eigenvalue weighted by Gasteiger charge is 2.52. The van der Waals surface area contributed by atoms with Crippen LogP contribution in [0, 0.1) is 5.41 Å². The van der Waals surface area contributed by atoms with E-state index in [1.54, 1.807) is 13.8 Å². The average molecular weight is 363 g/mol. The second kappa shape index (κ2) is 7.32. The molecule has 0 saturated heterocycles.